The molecule has 6 nitrogen and oxygen atoms in total. The van der Waals surface area contributed by atoms with Crippen LogP contribution in [0.15, 0.2) is 36.4 Å². The fourth-order valence-electron chi connectivity index (χ4n) is 4.11. The Balaban J connectivity index is 2.10. The molecule has 0 amide bonds. The van der Waals surface area contributed by atoms with Gasteiger partial charge in [0.2, 0.25) is 0 Å². The van der Waals surface area contributed by atoms with Crippen molar-refractivity contribution in [2.45, 2.75) is 90.4 Å². The standard InChI is InChI=1S/C28H42N2O4SSi/c1-10-33-26(31)22-18-21-19-30(35(32)27(2,3)4)23(16-17-34-36(8,9)28(5,6)7)24(21)25(29-22)20-14-12-11-13-15-20/h11-15,18,23H,10,16-17,19H2,1-9H3/t23-,35-/m1/s1. The van der Waals surface area contributed by atoms with Crippen molar-refractivity contribution < 1.29 is 18.2 Å². The SMILES string of the molecule is CCOC(=O)c1cc2c(c(-c3ccccc3)n1)[C@@H](CCO[Si](C)(C)C(C)(C)C)N([S@](=O)C(C)(C)C)C2. The van der Waals surface area contributed by atoms with E-state index in [1.165, 1.54) is 0 Å². The summed E-state index contributed by atoms with van der Waals surface area (Å²) in [5.74, 6) is -0.439. The molecule has 0 fully saturated rings. The van der Waals surface area contributed by atoms with E-state index in [-0.39, 0.29) is 23.4 Å². The van der Waals surface area contributed by atoms with Crippen LogP contribution in [0.2, 0.25) is 18.1 Å². The fraction of sp³-hybridized carbons (Fsp3) is 0.571. The Morgan fingerprint density at radius 3 is 2.33 bits per heavy atom. The van der Waals surface area contributed by atoms with E-state index in [9.17, 15) is 9.00 Å². The molecule has 0 spiro atoms. The molecule has 1 aliphatic rings. The van der Waals surface area contributed by atoms with Gasteiger partial charge in [-0.25, -0.2) is 18.3 Å². The van der Waals surface area contributed by atoms with Crippen molar-refractivity contribution >= 4 is 25.3 Å². The van der Waals surface area contributed by atoms with E-state index in [4.69, 9.17) is 14.1 Å². The Kier molecular flexibility index (Phi) is 8.65. The summed E-state index contributed by atoms with van der Waals surface area (Å²) in [6, 6.07) is 11.6. The van der Waals surface area contributed by atoms with Crippen LogP contribution in [0.5, 0.6) is 0 Å². The summed E-state index contributed by atoms with van der Waals surface area (Å²) in [7, 11) is -3.19. The molecule has 2 aromatic rings. The van der Waals surface area contributed by atoms with Gasteiger partial charge in [-0.15, -0.1) is 0 Å². The van der Waals surface area contributed by atoms with Crippen molar-refractivity contribution in [3.63, 3.8) is 0 Å². The van der Waals surface area contributed by atoms with Crippen LogP contribution in [0.4, 0.5) is 0 Å². The maximum absolute atomic E-state index is 13.7. The van der Waals surface area contributed by atoms with Gasteiger partial charge < -0.3 is 9.16 Å². The fourth-order valence-corrected chi connectivity index (χ4v) is 6.58. The molecule has 0 saturated carbocycles. The van der Waals surface area contributed by atoms with E-state index >= 15 is 0 Å². The normalized spacial score (nSPS) is 17.6. The molecule has 0 radical (unpaired) electrons. The van der Waals surface area contributed by atoms with Gasteiger partial charge >= 0.3 is 5.97 Å². The highest BCUT2D eigenvalue weighted by Gasteiger charge is 2.42. The number of carbonyl (C=O) groups excluding carboxylic acids is 1. The molecule has 1 aliphatic heterocycles. The first-order valence-electron chi connectivity index (χ1n) is 12.8. The molecule has 2 heterocycles. The third-order valence-electron chi connectivity index (χ3n) is 7.08. The number of nitrogens with zero attached hydrogens (tertiary/aromatic N) is 2. The summed E-state index contributed by atoms with van der Waals surface area (Å²) in [4.78, 5) is 17.5. The Labute approximate surface area is 220 Å². The quantitative estimate of drug-likeness (QED) is 0.282. The molecule has 198 valence electrons. The van der Waals surface area contributed by atoms with Crippen molar-refractivity contribution in [2.24, 2.45) is 0 Å². The van der Waals surface area contributed by atoms with Gasteiger partial charge in [-0.1, -0.05) is 51.1 Å². The molecule has 1 aromatic carbocycles. The molecule has 36 heavy (non-hydrogen) atoms. The molecular formula is C28H42N2O4SSi. The number of carbonyl (C=O) groups is 1. The summed E-state index contributed by atoms with van der Waals surface area (Å²) in [6.07, 6.45) is 0.696. The van der Waals surface area contributed by atoms with E-state index in [0.717, 1.165) is 22.4 Å². The molecule has 8 heteroatoms. The molecule has 0 N–H and O–H groups in total. The van der Waals surface area contributed by atoms with Crippen LogP contribution < -0.4 is 0 Å². The highest BCUT2D eigenvalue weighted by atomic mass is 32.2. The summed E-state index contributed by atoms with van der Waals surface area (Å²) in [5, 5.41) is 0.111. The minimum Gasteiger partial charge on any atom is -0.461 e. The molecule has 0 saturated heterocycles. The van der Waals surface area contributed by atoms with Crippen LogP contribution in [0, 0.1) is 0 Å². The van der Waals surface area contributed by atoms with E-state index in [1.54, 1.807) is 6.92 Å². The van der Waals surface area contributed by atoms with Crippen LogP contribution in [-0.4, -0.2) is 45.7 Å². The predicted molar refractivity (Wildman–Crippen MR) is 150 cm³/mol. The highest BCUT2D eigenvalue weighted by molar-refractivity contribution is 7.84. The highest BCUT2D eigenvalue weighted by Crippen LogP contribution is 2.45. The zero-order valence-corrected chi connectivity index (χ0v) is 25.1. The van der Waals surface area contributed by atoms with E-state index in [1.807, 2.05) is 57.2 Å². The average molecular weight is 531 g/mol. The molecular weight excluding hydrogens is 488 g/mol. The van der Waals surface area contributed by atoms with Crippen LogP contribution >= 0.6 is 0 Å². The van der Waals surface area contributed by atoms with Gasteiger partial charge in [-0.2, -0.15) is 0 Å². The lowest BCUT2D eigenvalue weighted by Gasteiger charge is -2.37. The summed E-state index contributed by atoms with van der Waals surface area (Å²) in [5.41, 5.74) is 3.97. The number of aromatic nitrogens is 1. The van der Waals surface area contributed by atoms with Gasteiger partial charge in [-0.3, -0.25) is 0 Å². The molecule has 0 unspecified atom stereocenters. The minimum atomic E-state index is -1.94. The zero-order chi connectivity index (χ0) is 26.9. The van der Waals surface area contributed by atoms with Crippen molar-refractivity contribution in [1.29, 1.82) is 0 Å². The van der Waals surface area contributed by atoms with Crippen molar-refractivity contribution in [3.05, 3.63) is 53.2 Å². The lowest BCUT2D eigenvalue weighted by molar-refractivity contribution is 0.0519. The summed E-state index contributed by atoms with van der Waals surface area (Å²) in [6.45, 7) is 20.3. The molecule has 1 aromatic heterocycles. The van der Waals surface area contributed by atoms with Crippen LogP contribution in [0.25, 0.3) is 11.3 Å². The van der Waals surface area contributed by atoms with Gasteiger partial charge in [0.15, 0.2) is 8.32 Å². The Morgan fingerprint density at radius 2 is 1.78 bits per heavy atom. The Bertz CT molecular complexity index is 1110. The maximum atomic E-state index is 13.7. The second-order valence-electron chi connectivity index (χ2n) is 11.9. The Morgan fingerprint density at radius 1 is 1.14 bits per heavy atom. The largest absolute Gasteiger partial charge is 0.461 e. The number of fused-ring (bicyclic) bond motifs is 1. The molecule has 3 rings (SSSR count). The van der Waals surface area contributed by atoms with Crippen LogP contribution in [-0.2, 0) is 26.7 Å². The predicted octanol–water partition coefficient (Wildman–Crippen LogP) is 6.66. The first-order valence-corrected chi connectivity index (χ1v) is 16.8. The van der Waals surface area contributed by atoms with Crippen LogP contribution in [0.3, 0.4) is 0 Å². The number of hydrogen-bond donors (Lipinski definition) is 0. The number of pyridine rings is 1. The first-order chi connectivity index (χ1) is 16.7. The number of ether oxygens (including phenoxy) is 1. The molecule has 2 atom stereocenters. The molecule has 0 aliphatic carbocycles. The average Bonchev–Trinajstić information content (AvgIpc) is 3.15. The number of rotatable bonds is 8. The zero-order valence-electron chi connectivity index (χ0n) is 23.3. The number of benzene rings is 1. The summed E-state index contributed by atoms with van der Waals surface area (Å²) >= 11 is 0. The van der Waals surface area contributed by atoms with Gasteiger partial charge in [0.25, 0.3) is 0 Å². The third kappa shape index (κ3) is 6.15. The van der Waals surface area contributed by atoms with E-state index in [2.05, 4.69) is 38.2 Å². The smallest absolute Gasteiger partial charge is 0.356 e. The van der Waals surface area contributed by atoms with E-state index < -0.39 is 30.0 Å². The number of hydrogen-bond acceptors (Lipinski definition) is 5. The third-order valence-corrected chi connectivity index (χ3v) is 13.5. The minimum absolute atomic E-state index is 0.111. The van der Waals surface area contributed by atoms with Gasteiger partial charge in [0.1, 0.15) is 16.7 Å². The summed E-state index contributed by atoms with van der Waals surface area (Å²) < 4.78 is 27.2. The lowest BCUT2D eigenvalue weighted by atomic mass is 9.96. The van der Waals surface area contributed by atoms with Crippen molar-refractivity contribution in [2.75, 3.05) is 13.2 Å². The first kappa shape index (κ1) is 28.7. The van der Waals surface area contributed by atoms with Gasteiger partial charge in [-0.05, 0) is 63.9 Å². The molecule has 0 bridgehead atoms. The van der Waals surface area contributed by atoms with Gasteiger partial charge in [0.05, 0.1) is 23.1 Å². The lowest BCUT2D eigenvalue weighted by Crippen LogP contribution is -2.42. The Hall–Kier alpha value is -1.87. The number of esters is 1. The topological polar surface area (TPSA) is 68.7 Å². The van der Waals surface area contributed by atoms with Crippen LogP contribution in [0.1, 0.15) is 82.5 Å². The second kappa shape index (κ2) is 10.9. The van der Waals surface area contributed by atoms with Gasteiger partial charge in [0, 0.05) is 24.3 Å². The maximum Gasteiger partial charge on any atom is 0.356 e. The van der Waals surface area contributed by atoms with E-state index in [0.29, 0.717) is 19.6 Å². The second-order valence-corrected chi connectivity index (χ2v) is 18.9. The van der Waals surface area contributed by atoms with Crippen molar-refractivity contribution in [3.8, 4) is 11.3 Å². The monoisotopic (exact) mass is 530 g/mol. The van der Waals surface area contributed by atoms with Crippen molar-refractivity contribution in [1.82, 2.24) is 9.29 Å².